The highest BCUT2D eigenvalue weighted by Gasteiger charge is 2.38. The molecule has 0 aliphatic carbocycles. The number of nitrogen functional groups attached to an aromatic ring is 1. The average Bonchev–Trinajstić information content (AvgIpc) is 2.55. The van der Waals surface area contributed by atoms with E-state index in [9.17, 15) is 13.5 Å². The average molecular weight is 270 g/mol. The van der Waals surface area contributed by atoms with E-state index < -0.39 is 15.9 Å². The zero-order valence-corrected chi connectivity index (χ0v) is 11.1. The highest BCUT2D eigenvalue weighted by molar-refractivity contribution is 7.91. The molecule has 6 heteroatoms. The van der Waals surface area contributed by atoms with Crippen molar-refractivity contribution in [1.82, 2.24) is 4.90 Å². The van der Waals surface area contributed by atoms with Crippen molar-refractivity contribution in [2.24, 2.45) is 0 Å². The number of aliphatic hydroxyl groups excluding tert-OH is 1. The zero-order chi connectivity index (χ0) is 13.3. The van der Waals surface area contributed by atoms with Crippen LogP contribution >= 0.6 is 0 Å². The van der Waals surface area contributed by atoms with Crippen molar-refractivity contribution >= 4 is 15.5 Å². The first-order chi connectivity index (χ1) is 8.37. The molecule has 1 aromatic carbocycles. The van der Waals surface area contributed by atoms with Gasteiger partial charge in [0, 0.05) is 12.2 Å². The minimum Gasteiger partial charge on any atom is -0.399 e. The molecule has 0 aromatic heterocycles. The number of sulfone groups is 1. The van der Waals surface area contributed by atoms with Gasteiger partial charge in [-0.15, -0.1) is 0 Å². The number of benzene rings is 1. The second kappa shape index (κ2) is 4.87. The van der Waals surface area contributed by atoms with Crippen molar-refractivity contribution in [3.63, 3.8) is 0 Å². The summed E-state index contributed by atoms with van der Waals surface area (Å²) in [6.07, 6.45) is -0.797. The van der Waals surface area contributed by atoms with Crippen molar-refractivity contribution in [3.05, 3.63) is 29.8 Å². The van der Waals surface area contributed by atoms with Crippen molar-refractivity contribution in [2.45, 2.75) is 18.7 Å². The molecule has 1 aromatic rings. The summed E-state index contributed by atoms with van der Waals surface area (Å²) in [6, 6.07) is 7.10. The Hall–Kier alpha value is -1.11. The lowest BCUT2D eigenvalue weighted by Gasteiger charge is -2.25. The lowest BCUT2D eigenvalue weighted by Crippen LogP contribution is -2.40. The van der Waals surface area contributed by atoms with Crippen molar-refractivity contribution in [3.8, 4) is 0 Å². The molecular weight excluding hydrogens is 252 g/mol. The van der Waals surface area contributed by atoms with Gasteiger partial charge in [-0.25, -0.2) is 8.42 Å². The van der Waals surface area contributed by atoms with Gasteiger partial charge >= 0.3 is 0 Å². The summed E-state index contributed by atoms with van der Waals surface area (Å²) in [7, 11) is -1.28. The van der Waals surface area contributed by atoms with Crippen LogP contribution in [-0.4, -0.2) is 49.1 Å². The van der Waals surface area contributed by atoms with Crippen LogP contribution in [0.5, 0.6) is 0 Å². The SMILES string of the molecule is CN(Cc1ccc(N)cc1)[C@@H]1CS(=O)(=O)C[C@H]1O. The maximum Gasteiger partial charge on any atom is 0.154 e. The van der Waals surface area contributed by atoms with E-state index in [-0.39, 0.29) is 17.5 Å². The first-order valence-corrected chi connectivity index (χ1v) is 7.63. The molecule has 0 amide bonds. The third-order valence-electron chi connectivity index (χ3n) is 3.27. The maximum absolute atomic E-state index is 11.4. The Morgan fingerprint density at radius 1 is 1.33 bits per heavy atom. The molecule has 1 aliphatic heterocycles. The number of rotatable bonds is 3. The minimum atomic E-state index is -3.10. The van der Waals surface area contributed by atoms with Crippen LogP contribution in [-0.2, 0) is 16.4 Å². The quantitative estimate of drug-likeness (QED) is 0.747. The van der Waals surface area contributed by atoms with Crippen molar-refractivity contribution < 1.29 is 13.5 Å². The summed E-state index contributed by atoms with van der Waals surface area (Å²) in [5.41, 5.74) is 7.35. The Morgan fingerprint density at radius 3 is 2.44 bits per heavy atom. The highest BCUT2D eigenvalue weighted by atomic mass is 32.2. The van der Waals surface area contributed by atoms with Gasteiger partial charge in [0.1, 0.15) is 0 Å². The number of nitrogens with zero attached hydrogens (tertiary/aromatic N) is 1. The van der Waals surface area contributed by atoms with Gasteiger partial charge in [-0.2, -0.15) is 0 Å². The Labute approximate surface area is 107 Å². The number of likely N-dealkylation sites (N-methyl/N-ethyl adjacent to an activating group) is 1. The van der Waals surface area contributed by atoms with E-state index >= 15 is 0 Å². The predicted molar refractivity (Wildman–Crippen MR) is 70.8 cm³/mol. The van der Waals surface area contributed by atoms with Crippen LogP contribution in [0.25, 0.3) is 0 Å². The van der Waals surface area contributed by atoms with Crippen molar-refractivity contribution in [2.75, 3.05) is 24.3 Å². The molecule has 1 saturated heterocycles. The second-order valence-electron chi connectivity index (χ2n) is 4.87. The van der Waals surface area contributed by atoms with Gasteiger partial charge < -0.3 is 10.8 Å². The molecule has 2 atom stereocenters. The third kappa shape index (κ3) is 3.01. The summed E-state index contributed by atoms with van der Waals surface area (Å²) in [5, 5.41) is 9.78. The minimum absolute atomic E-state index is 0.0274. The van der Waals surface area contributed by atoms with E-state index in [0.29, 0.717) is 12.2 Å². The summed E-state index contributed by atoms with van der Waals surface area (Å²) >= 11 is 0. The molecule has 100 valence electrons. The lowest BCUT2D eigenvalue weighted by molar-refractivity contribution is 0.0958. The fourth-order valence-electron chi connectivity index (χ4n) is 2.26. The van der Waals surface area contributed by atoms with E-state index in [1.807, 2.05) is 36.2 Å². The molecule has 2 rings (SSSR count). The molecule has 0 saturated carbocycles. The summed E-state index contributed by atoms with van der Waals surface area (Å²) in [4.78, 5) is 1.88. The first-order valence-electron chi connectivity index (χ1n) is 5.80. The van der Waals surface area contributed by atoms with Gasteiger partial charge in [-0.1, -0.05) is 12.1 Å². The van der Waals surface area contributed by atoms with Gasteiger partial charge in [-0.05, 0) is 24.7 Å². The van der Waals surface area contributed by atoms with Gasteiger partial charge in [0.25, 0.3) is 0 Å². The monoisotopic (exact) mass is 270 g/mol. The number of aliphatic hydroxyl groups is 1. The summed E-state index contributed by atoms with van der Waals surface area (Å²) in [6.45, 7) is 0.595. The first kappa shape index (κ1) is 13.3. The van der Waals surface area contributed by atoms with E-state index in [0.717, 1.165) is 5.56 Å². The Balaban J connectivity index is 2.04. The van der Waals surface area contributed by atoms with Crippen LogP contribution in [0.15, 0.2) is 24.3 Å². The van der Waals surface area contributed by atoms with E-state index in [1.54, 1.807) is 0 Å². The lowest BCUT2D eigenvalue weighted by atomic mass is 10.1. The van der Waals surface area contributed by atoms with Gasteiger partial charge in [0.05, 0.1) is 23.7 Å². The number of nitrogens with two attached hydrogens (primary N) is 1. The normalized spacial score (nSPS) is 26.6. The molecule has 0 bridgehead atoms. The smallest absolute Gasteiger partial charge is 0.154 e. The standard InChI is InChI=1S/C12H18N2O3S/c1-14(6-9-2-4-10(13)5-3-9)11-7-18(16,17)8-12(11)15/h2-5,11-12,15H,6-8,13H2,1H3/t11-,12-/m1/s1. The number of anilines is 1. The molecule has 1 heterocycles. The maximum atomic E-state index is 11.4. The van der Waals surface area contributed by atoms with Gasteiger partial charge in [0.15, 0.2) is 9.84 Å². The molecule has 0 unspecified atom stereocenters. The molecule has 0 spiro atoms. The largest absolute Gasteiger partial charge is 0.399 e. The van der Waals surface area contributed by atoms with E-state index in [4.69, 9.17) is 5.73 Å². The van der Waals surface area contributed by atoms with Crippen LogP contribution in [0, 0.1) is 0 Å². The van der Waals surface area contributed by atoms with Crippen LogP contribution in [0.3, 0.4) is 0 Å². The summed E-state index contributed by atoms with van der Waals surface area (Å²) in [5.74, 6) is -0.108. The topological polar surface area (TPSA) is 83.6 Å². The molecule has 5 nitrogen and oxygen atoms in total. The van der Waals surface area contributed by atoms with Gasteiger partial charge in [0.2, 0.25) is 0 Å². The Kier molecular flexibility index (Phi) is 3.61. The van der Waals surface area contributed by atoms with Gasteiger partial charge in [-0.3, -0.25) is 4.90 Å². The zero-order valence-electron chi connectivity index (χ0n) is 10.3. The molecule has 1 aliphatic rings. The van der Waals surface area contributed by atoms with E-state index in [2.05, 4.69) is 0 Å². The Bertz CT molecular complexity index is 513. The highest BCUT2D eigenvalue weighted by Crippen LogP contribution is 2.19. The van der Waals surface area contributed by atoms with Crippen LogP contribution in [0.4, 0.5) is 5.69 Å². The van der Waals surface area contributed by atoms with Crippen LogP contribution in [0.1, 0.15) is 5.56 Å². The fraction of sp³-hybridized carbons (Fsp3) is 0.500. The van der Waals surface area contributed by atoms with E-state index in [1.165, 1.54) is 0 Å². The Morgan fingerprint density at radius 2 is 1.94 bits per heavy atom. The van der Waals surface area contributed by atoms with Crippen LogP contribution < -0.4 is 5.73 Å². The van der Waals surface area contributed by atoms with Crippen LogP contribution in [0.2, 0.25) is 0 Å². The summed E-state index contributed by atoms with van der Waals surface area (Å²) < 4.78 is 22.9. The fourth-order valence-corrected chi connectivity index (χ4v) is 4.14. The number of hydrogen-bond donors (Lipinski definition) is 2. The predicted octanol–water partition coefficient (Wildman–Crippen LogP) is -0.141. The molecule has 1 fully saturated rings. The second-order valence-corrected chi connectivity index (χ2v) is 7.02. The molecular formula is C12H18N2O3S. The third-order valence-corrected chi connectivity index (χ3v) is 4.97. The van der Waals surface area contributed by atoms with Crippen molar-refractivity contribution in [1.29, 1.82) is 0 Å². The molecule has 18 heavy (non-hydrogen) atoms. The molecule has 0 radical (unpaired) electrons. The number of hydrogen-bond acceptors (Lipinski definition) is 5. The molecule has 3 N–H and O–H groups in total.